The molecule has 0 aliphatic carbocycles. The fraction of sp³-hybridized carbons (Fsp3) is 0.448. The van der Waals surface area contributed by atoms with Gasteiger partial charge in [-0.3, -0.25) is 9.59 Å². The highest BCUT2D eigenvalue weighted by molar-refractivity contribution is 5.92. The van der Waals surface area contributed by atoms with E-state index in [-0.39, 0.29) is 30.2 Å². The van der Waals surface area contributed by atoms with E-state index in [1.807, 2.05) is 50.2 Å². The maximum absolute atomic E-state index is 13.9. The van der Waals surface area contributed by atoms with Crippen molar-refractivity contribution in [1.29, 1.82) is 5.26 Å². The van der Waals surface area contributed by atoms with Crippen LogP contribution in [0.4, 0.5) is 4.79 Å². The van der Waals surface area contributed by atoms with E-state index in [0.717, 1.165) is 10.5 Å². The number of nitrogens with zero attached hydrogens (tertiary/aromatic N) is 2. The molecular formula is C29H38N4O5. The Balaban J connectivity index is 2.49. The van der Waals surface area contributed by atoms with E-state index in [2.05, 4.69) is 10.6 Å². The van der Waals surface area contributed by atoms with Gasteiger partial charge in [-0.05, 0) is 51.2 Å². The molecule has 0 spiro atoms. The van der Waals surface area contributed by atoms with Gasteiger partial charge in [-0.15, -0.1) is 0 Å². The lowest BCUT2D eigenvalue weighted by atomic mass is 9.97. The molecule has 0 saturated carbocycles. The number of nitrogens with one attached hydrogen (secondary N) is 2. The summed E-state index contributed by atoms with van der Waals surface area (Å²) in [6.07, 6.45) is -0.532. The van der Waals surface area contributed by atoms with E-state index in [4.69, 9.17) is 4.74 Å². The van der Waals surface area contributed by atoms with Crippen molar-refractivity contribution in [3.05, 3.63) is 65.2 Å². The molecule has 0 aliphatic heterocycles. The van der Waals surface area contributed by atoms with Gasteiger partial charge in [0, 0.05) is 12.1 Å². The SMILES string of the molecule is Cc1cccc(C(C(=O)NCc2ccccc2)N(CC#N)C(=O)C(CC(C)C)NC(=O)OC(C)(C)C)c1O. The van der Waals surface area contributed by atoms with E-state index < -0.39 is 42.1 Å². The summed E-state index contributed by atoms with van der Waals surface area (Å²) in [6, 6.07) is 13.7. The molecule has 204 valence electrons. The minimum absolute atomic E-state index is 0.000511. The van der Waals surface area contributed by atoms with Crippen molar-refractivity contribution in [3.63, 3.8) is 0 Å². The summed E-state index contributed by atoms with van der Waals surface area (Å²) < 4.78 is 5.35. The molecule has 0 aliphatic rings. The van der Waals surface area contributed by atoms with Crippen LogP contribution in [-0.4, -0.2) is 46.1 Å². The average molecular weight is 523 g/mol. The zero-order valence-corrected chi connectivity index (χ0v) is 22.9. The number of alkyl carbamates (subject to hydrolysis) is 1. The molecule has 2 aromatic carbocycles. The van der Waals surface area contributed by atoms with E-state index in [0.29, 0.717) is 5.56 Å². The van der Waals surface area contributed by atoms with E-state index in [1.54, 1.807) is 45.9 Å². The first kappa shape index (κ1) is 30.2. The molecule has 0 heterocycles. The highest BCUT2D eigenvalue weighted by Crippen LogP contribution is 2.32. The van der Waals surface area contributed by atoms with Crippen molar-refractivity contribution in [3.8, 4) is 11.8 Å². The summed E-state index contributed by atoms with van der Waals surface area (Å²) in [5.74, 6) is -1.35. The monoisotopic (exact) mass is 522 g/mol. The van der Waals surface area contributed by atoms with Crippen LogP contribution in [0, 0.1) is 24.2 Å². The molecule has 3 N–H and O–H groups in total. The lowest BCUT2D eigenvalue weighted by molar-refractivity contribution is -0.142. The molecule has 2 aromatic rings. The first-order valence-corrected chi connectivity index (χ1v) is 12.6. The zero-order chi connectivity index (χ0) is 28.5. The molecule has 0 saturated heterocycles. The summed E-state index contributed by atoms with van der Waals surface area (Å²) >= 11 is 0. The number of carbonyl (C=O) groups is 3. The van der Waals surface area contributed by atoms with Crippen molar-refractivity contribution < 1.29 is 24.2 Å². The first-order chi connectivity index (χ1) is 17.8. The van der Waals surface area contributed by atoms with Gasteiger partial charge in [-0.1, -0.05) is 62.4 Å². The Labute approximate surface area is 224 Å². The van der Waals surface area contributed by atoms with Crippen molar-refractivity contribution >= 4 is 17.9 Å². The summed E-state index contributed by atoms with van der Waals surface area (Å²) in [4.78, 5) is 41.2. The topological polar surface area (TPSA) is 132 Å². The predicted molar refractivity (Wildman–Crippen MR) is 144 cm³/mol. The Morgan fingerprint density at radius 3 is 2.32 bits per heavy atom. The summed E-state index contributed by atoms with van der Waals surface area (Å²) in [7, 11) is 0. The number of benzene rings is 2. The van der Waals surface area contributed by atoms with E-state index >= 15 is 0 Å². The summed E-state index contributed by atoms with van der Waals surface area (Å²) in [5.41, 5.74) is 0.753. The van der Waals surface area contributed by atoms with Crippen LogP contribution in [0.2, 0.25) is 0 Å². The molecular weight excluding hydrogens is 484 g/mol. The smallest absolute Gasteiger partial charge is 0.408 e. The van der Waals surface area contributed by atoms with Crippen LogP contribution in [0.5, 0.6) is 5.75 Å². The van der Waals surface area contributed by atoms with Gasteiger partial charge in [0.05, 0.1) is 6.07 Å². The van der Waals surface area contributed by atoms with Crippen LogP contribution in [0.15, 0.2) is 48.5 Å². The van der Waals surface area contributed by atoms with Crippen LogP contribution >= 0.6 is 0 Å². The van der Waals surface area contributed by atoms with Crippen LogP contribution in [-0.2, 0) is 20.9 Å². The molecule has 2 rings (SSSR count). The number of phenolic OH excluding ortho intramolecular Hbond substituents is 1. The lowest BCUT2D eigenvalue weighted by Gasteiger charge is -2.33. The van der Waals surface area contributed by atoms with Gasteiger partial charge < -0.3 is 25.4 Å². The van der Waals surface area contributed by atoms with E-state index in [9.17, 15) is 24.8 Å². The van der Waals surface area contributed by atoms with Crippen molar-refractivity contribution in [1.82, 2.24) is 15.5 Å². The van der Waals surface area contributed by atoms with Gasteiger partial charge >= 0.3 is 6.09 Å². The number of hydrogen-bond acceptors (Lipinski definition) is 6. The van der Waals surface area contributed by atoms with Gasteiger partial charge in [-0.2, -0.15) is 5.26 Å². The standard InChI is InChI=1S/C29H38N4O5/c1-19(2)17-23(32-28(37)38-29(4,5)6)27(36)33(16-15-30)24(22-14-10-11-20(3)25(22)34)26(35)31-18-21-12-8-7-9-13-21/h7-14,19,23-24,34H,16-18H2,1-6H3,(H,31,35)(H,32,37). The maximum atomic E-state index is 13.9. The number of rotatable bonds is 10. The molecule has 9 heteroatoms. The summed E-state index contributed by atoms with van der Waals surface area (Å²) in [6.45, 7) is 10.3. The Kier molecular flexibility index (Phi) is 10.7. The highest BCUT2D eigenvalue weighted by Gasteiger charge is 2.37. The minimum atomic E-state index is -1.32. The van der Waals surface area contributed by atoms with Crippen LogP contribution in [0.1, 0.15) is 63.8 Å². The maximum Gasteiger partial charge on any atom is 0.408 e. The Morgan fingerprint density at radius 2 is 1.74 bits per heavy atom. The van der Waals surface area contributed by atoms with E-state index in [1.165, 1.54) is 0 Å². The average Bonchev–Trinajstić information content (AvgIpc) is 2.83. The molecule has 38 heavy (non-hydrogen) atoms. The van der Waals surface area contributed by atoms with Gasteiger partial charge in [0.2, 0.25) is 11.8 Å². The van der Waals surface area contributed by atoms with Crippen LogP contribution in [0.3, 0.4) is 0 Å². The zero-order valence-electron chi connectivity index (χ0n) is 22.9. The second-order valence-corrected chi connectivity index (χ2v) is 10.6. The summed E-state index contributed by atoms with van der Waals surface area (Å²) in [5, 5.41) is 26.0. The second-order valence-electron chi connectivity index (χ2n) is 10.6. The Bertz CT molecular complexity index is 1150. The molecule has 9 nitrogen and oxygen atoms in total. The Hall–Kier alpha value is -4.06. The number of hydrogen-bond donors (Lipinski definition) is 3. The quantitative estimate of drug-likeness (QED) is 0.398. The molecule has 0 bridgehead atoms. The van der Waals surface area contributed by atoms with Gasteiger partial charge in [-0.25, -0.2) is 4.79 Å². The number of aromatic hydroxyl groups is 1. The molecule has 0 fully saturated rings. The molecule has 2 unspecified atom stereocenters. The molecule has 0 radical (unpaired) electrons. The number of aryl methyl sites for hydroxylation is 1. The van der Waals surface area contributed by atoms with Crippen LogP contribution < -0.4 is 10.6 Å². The highest BCUT2D eigenvalue weighted by atomic mass is 16.6. The van der Waals surface area contributed by atoms with Gasteiger partial charge in [0.15, 0.2) is 0 Å². The predicted octanol–water partition coefficient (Wildman–Crippen LogP) is 4.35. The van der Waals surface area contributed by atoms with Gasteiger partial charge in [0.25, 0.3) is 0 Å². The number of para-hydroxylation sites is 1. The molecule has 2 atom stereocenters. The molecule has 3 amide bonds. The number of ether oxygens (including phenoxy) is 1. The first-order valence-electron chi connectivity index (χ1n) is 12.6. The largest absolute Gasteiger partial charge is 0.507 e. The van der Waals surface area contributed by atoms with Crippen molar-refractivity contribution in [2.24, 2.45) is 5.92 Å². The normalized spacial score (nSPS) is 12.7. The van der Waals surface area contributed by atoms with Crippen molar-refractivity contribution in [2.45, 2.75) is 72.2 Å². The molecule has 0 aromatic heterocycles. The third-order valence-electron chi connectivity index (χ3n) is 5.65. The fourth-order valence-electron chi connectivity index (χ4n) is 3.95. The second kappa shape index (κ2) is 13.5. The minimum Gasteiger partial charge on any atom is -0.507 e. The number of nitriles is 1. The third-order valence-corrected chi connectivity index (χ3v) is 5.65. The van der Waals surface area contributed by atoms with Gasteiger partial charge in [0.1, 0.15) is 30.0 Å². The number of amides is 3. The lowest BCUT2D eigenvalue weighted by Crippen LogP contribution is -2.53. The number of carbonyl (C=O) groups excluding carboxylic acids is 3. The Morgan fingerprint density at radius 1 is 1.08 bits per heavy atom. The fourth-order valence-corrected chi connectivity index (χ4v) is 3.95. The van der Waals surface area contributed by atoms with Crippen molar-refractivity contribution in [2.75, 3.05) is 6.54 Å². The third kappa shape index (κ3) is 8.80. The van der Waals surface area contributed by atoms with Crippen LogP contribution in [0.25, 0.3) is 0 Å². The number of phenols is 1.